The Morgan fingerprint density at radius 3 is 2.65 bits per heavy atom. The van der Waals surface area contributed by atoms with Gasteiger partial charge in [-0.1, -0.05) is 30.3 Å². The highest BCUT2D eigenvalue weighted by Crippen LogP contribution is 2.35. The van der Waals surface area contributed by atoms with E-state index in [1.54, 1.807) is 23.3 Å². The Morgan fingerprint density at radius 1 is 1.19 bits per heavy atom. The van der Waals surface area contributed by atoms with Crippen molar-refractivity contribution in [2.45, 2.75) is 6.42 Å². The van der Waals surface area contributed by atoms with Crippen LogP contribution in [0.5, 0.6) is 0 Å². The average molecular weight is 368 g/mol. The van der Waals surface area contributed by atoms with Crippen LogP contribution in [0.1, 0.15) is 16.1 Å². The summed E-state index contributed by atoms with van der Waals surface area (Å²) in [5, 5.41) is 9.82. The van der Waals surface area contributed by atoms with Gasteiger partial charge in [-0.05, 0) is 18.6 Å². The van der Waals surface area contributed by atoms with Crippen LogP contribution < -0.4 is 0 Å². The first-order valence-electron chi connectivity index (χ1n) is 8.25. The molecule has 7 heteroatoms. The molecule has 1 saturated heterocycles. The molecule has 1 atom stereocenters. The Hall–Kier alpha value is -2.93. The van der Waals surface area contributed by atoms with E-state index in [0.717, 1.165) is 5.56 Å². The molecule has 4 rings (SSSR count). The lowest BCUT2D eigenvalue weighted by Crippen LogP contribution is -2.29. The molecular formula is C19H16N2O4S. The van der Waals surface area contributed by atoms with Crippen molar-refractivity contribution in [1.82, 2.24) is 9.88 Å². The zero-order chi connectivity index (χ0) is 18.1. The second-order valence-electron chi connectivity index (χ2n) is 6.12. The monoisotopic (exact) mass is 368 g/mol. The quantitative estimate of drug-likeness (QED) is 0.760. The van der Waals surface area contributed by atoms with Crippen LogP contribution in [0, 0.1) is 5.92 Å². The molecule has 132 valence electrons. The van der Waals surface area contributed by atoms with Gasteiger partial charge < -0.3 is 14.4 Å². The predicted molar refractivity (Wildman–Crippen MR) is 96.9 cm³/mol. The standard InChI is InChI=1S/C19H16N2O4S/c22-18(21-9-8-13(11-21)19(23)24)16-15(12-5-2-1-3-6-12)20-17(26-16)14-7-4-10-25-14/h1-7,10,13H,8-9,11H2,(H,23,24). The van der Waals surface area contributed by atoms with Crippen molar-refractivity contribution in [3.8, 4) is 22.0 Å². The first kappa shape index (κ1) is 16.5. The van der Waals surface area contributed by atoms with Gasteiger partial charge in [-0.15, -0.1) is 11.3 Å². The summed E-state index contributed by atoms with van der Waals surface area (Å²) in [6.07, 6.45) is 2.05. The number of furan rings is 1. The second kappa shape index (κ2) is 6.76. The molecule has 0 bridgehead atoms. The fourth-order valence-electron chi connectivity index (χ4n) is 3.05. The molecular weight excluding hydrogens is 352 g/mol. The van der Waals surface area contributed by atoms with Gasteiger partial charge in [-0.2, -0.15) is 0 Å². The summed E-state index contributed by atoms with van der Waals surface area (Å²) in [6.45, 7) is 0.675. The first-order chi connectivity index (χ1) is 12.6. The molecule has 0 spiro atoms. The average Bonchev–Trinajstić information content (AvgIpc) is 3.41. The van der Waals surface area contributed by atoms with Crippen molar-refractivity contribution in [1.29, 1.82) is 0 Å². The highest BCUT2D eigenvalue weighted by atomic mass is 32.1. The Kier molecular flexibility index (Phi) is 4.30. The molecule has 26 heavy (non-hydrogen) atoms. The number of nitrogens with zero attached hydrogens (tertiary/aromatic N) is 2. The van der Waals surface area contributed by atoms with Gasteiger partial charge in [0.05, 0.1) is 17.9 Å². The van der Waals surface area contributed by atoms with Crippen LogP contribution in [0.3, 0.4) is 0 Å². The number of benzene rings is 1. The fraction of sp³-hybridized carbons (Fsp3) is 0.211. The number of rotatable bonds is 4. The number of carbonyl (C=O) groups is 2. The lowest BCUT2D eigenvalue weighted by Gasteiger charge is -2.15. The summed E-state index contributed by atoms with van der Waals surface area (Å²) >= 11 is 1.27. The van der Waals surface area contributed by atoms with Gasteiger partial charge in [-0.3, -0.25) is 9.59 Å². The summed E-state index contributed by atoms with van der Waals surface area (Å²) in [7, 11) is 0. The molecule has 1 aromatic carbocycles. The number of hydrogen-bond acceptors (Lipinski definition) is 5. The van der Waals surface area contributed by atoms with Crippen LogP contribution >= 0.6 is 11.3 Å². The third kappa shape index (κ3) is 3.01. The molecule has 2 aromatic heterocycles. The van der Waals surface area contributed by atoms with Crippen LogP contribution in [0.15, 0.2) is 53.1 Å². The van der Waals surface area contributed by atoms with Crippen molar-refractivity contribution in [3.05, 3.63) is 53.6 Å². The predicted octanol–water partition coefficient (Wildman–Crippen LogP) is 3.62. The zero-order valence-corrected chi connectivity index (χ0v) is 14.6. The maximum absolute atomic E-state index is 13.1. The van der Waals surface area contributed by atoms with Crippen molar-refractivity contribution >= 4 is 23.2 Å². The number of carbonyl (C=O) groups excluding carboxylic acids is 1. The summed E-state index contributed by atoms with van der Waals surface area (Å²) in [5.74, 6) is -0.931. The minimum atomic E-state index is -0.857. The number of aliphatic carboxylic acids is 1. The maximum Gasteiger partial charge on any atom is 0.308 e. The number of amides is 1. The smallest absolute Gasteiger partial charge is 0.308 e. The molecule has 0 aliphatic carbocycles. The van der Waals surface area contributed by atoms with Crippen LogP contribution in [-0.4, -0.2) is 40.0 Å². The molecule has 1 N–H and O–H groups in total. The van der Waals surface area contributed by atoms with Crippen molar-refractivity contribution in [3.63, 3.8) is 0 Å². The molecule has 0 radical (unpaired) electrons. The molecule has 1 aliphatic heterocycles. The van der Waals surface area contributed by atoms with Crippen LogP contribution in [-0.2, 0) is 4.79 Å². The Bertz CT molecular complexity index is 934. The third-order valence-electron chi connectivity index (χ3n) is 4.43. The van der Waals surface area contributed by atoms with Crippen LogP contribution in [0.25, 0.3) is 22.0 Å². The van der Waals surface area contributed by atoms with Crippen molar-refractivity contribution in [2.75, 3.05) is 13.1 Å². The molecule has 1 unspecified atom stereocenters. The van der Waals surface area contributed by atoms with E-state index in [2.05, 4.69) is 4.98 Å². The molecule has 1 aliphatic rings. The van der Waals surface area contributed by atoms with E-state index in [4.69, 9.17) is 4.42 Å². The minimum absolute atomic E-state index is 0.178. The highest BCUT2D eigenvalue weighted by Gasteiger charge is 2.33. The normalized spacial score (nSPS) is 16.8. The Balaban J connectivity index is 1.72. The molecule has 3 heterocycles. The summed E-state index contributed by atoms with van der Waals surface area (Å²) in [4.78, 5) is 31.0. The van der Waals surface area contributed by atoms with Crippen molar-refractivity contribution < 1.29 is 19.1 Å². The zero-order valence-electron chi connectivity index (χ0n) is 13.8. The van der Waals surface area contributed by atoms with E-state index >= 15 is 0 Å². The lowest BCUT2D eigenvalue weighted by molar-refractivity contribution is -0.141. The van der Waals surface area contributed by atoms with Gasteiger partial charge in [0.2, 0.25) is 0 Å². The lowest BCUT2D eigenvalue weighted by atomic mass is 10.1. The first-order valence-corrected chi connectivity index (χ1v) is 9.07. The van der Waals surface area contributed by atoms with Crippen molar-refractivity contribution in [2.24, 2.45) is 5.92 Å². The van der Waals surface area contributed by atoms with Crippen LogP contribution in [0.2, 0.25) is 0 Å². The number of carboxylic acid groups (broad SMARTS) is 1. The third-order valence-corrected chi connectivity index (χ3v) is 5.48. The summed E-state index contributed by atoms with van der Waals surface area (Å²) in [6, 6.07) is 13.1. The second-order valence-corrected chi connectivity index (χ2v) is 7.11. The number of carboxylic acids is 1. The SMILES string of the molecule is O=C(O)C1CCN(C(=O)c2sc(-c3ccco3)nc2-c2ccccc2)C1. The van der Waals surface area contributed by atoms with E-state index in [9.17, 15) is 14.7 Å². The number of aromatic nitrogens is 1. The molecule has 1 fully saturated rings. The van der Waals surface area contributed by atoms with Gasteiger partial charge in [0.25, 0.3) is 5.91 Å². The summed E-state index contributed by atoms with van der Waals surface area (Å²) < 4.78 is 5.42. The number of thiazole rings is 1. The largest absolute Gasteiger partial charge is 0.481 e. The van der Waals surface area contributed by atoms with Gasteiger partial charge in [0.1, 0.15) is 4.88 Å². The Labute approximate surface area is 153 Å². The van der Waals surface area contributed by atoms with Crippen LogP contribution in [0.4, 0.5) is 0 Å². The maximum atomic E-state index is 13.1. The van der Waals surface area contributed by atoms with E-state index < -0.39 is 11.9 Å². The number of likely N-dealkylation sites (tertiary alicyclic amines) is 1. The number of hydrogen-bond donors (Lipinski definition) is 1. The van der Waals surface area contributed by atoms with E-state index in [1.807, 2.05) is 30.3 Å². The molecule has 3 aromatic rings. The topological polar surface area (TPSA) is 83.6 Å². The van der Waals surface area contributed by atoms with Gasteiger partial charge in [0, 0.05) is 18.7 Å². The summed E-state index contributed by atoms with van der Waals surface area (Å²) in [5.41, 5.74) is 1.45. The van der Waals surface area contributed by atoms with E-state index in [0.29, 0.717) is 34.3 Å². The highest BCUT2D eigenvalue weighted by molar-refractivity contribution is 7.17. The van der Waals surface area contributed by atoms with Gasteiger partial charge in [0.15, 0.2) is 10.8 Å². The molecule has 1 amide bonds. The van der Waals surface area contributed by atoms with Gasteiger partial charge >= 0.3 is 5.97 Å². The minimum Gasteiger partial charge on any atom is -0.481 e. The fourth-order valence-corrected chi connectivity index (χ4v) is 4.08. The molecule has 6 nitrogen and oxygen atoms in total. The van der Waals surface area contributed by atoms with Gasteiger partial charge in [-0.25, -0.2) is 4.98 Å². The van der Waals surface area contributed by atoms with E-state index in [1.165, 1.54) is 11.3 Å². The van der Waals surface area contributed by atoms with E-state index in [-0.39, 0.29) is 12.5 Å². The Morgan fingerprint density at radius 2 is 2.00 bits per heavy atom. The molecule has 0 saturated carbocycles.